The quantitative estimate of drug-likeness (QED) is 0.795. The SMILES string of the molecule is CCCCN(C)S(=O)(=O)c1ccc(Cl)c(CNC(C)C)c1. The molecule has 0 aromatic heterocycles. The summed E-state index contributed by atoms with van der Waals surface area (Å²) in [6.07, 6.45) is 1.81. The zero-order valence-corrected chi connectivity index (χ0v) is 14.8. The van der Waals surface area contributed by atoms with E-state index in [0.717, 1.165) is 18.4 Å². The van der Waals surface area contributed by atoms with Crippen molar-refractivity contribution >= 4 is 21.6 Å². The van der Waals surface area contributed by atoms with Gasteiger partial charge in [-0.25, -0.2) is 12.7 Å². The van der Waals surface area contributed by atoms with Gasteiger partial charge >= 0.3 is 0 Å². The van der Waals surface area contributed by atoms with Crippen LogP contribution in [0.3, 0.4) is 0 Å². The Kier molecular flexibility index (Phi) is 7.13. The highest BCUT2D eigenvalue weighted by molar-refractivity contribution is 7.89. The molecule has 0 spiro atoms. The van der Waals surface area contributed by atoms with Crippen molar-refractivity contribution in [3.8, 4) is 0 Å². The van der Waals surface area contributed by atoms with Crippen LogP contribution in [0.2, 0.25) is 5.02 Å². The van der Waals surface area contributed by atoms with Crippen molar-refractivity contribution in [3.63, 3.8) is 0 Å². The zero-order valence-electron chi connectivity index (χ0n) is 13.2. The summed E-state index contributed by atoms with van der Waals surface area (Å²) >= 11 is 6.14. The maximum Gasteiger partial charge on any atom is 0.242 e. The fourth-order valence-electron chi connectivity index (χ4n) is 1.84. The van der Waals surface area contributed by atoms with Gasteiger partial charge in [0.1, 0.15) is 0 Å². The highest BCUT2D eigenvalue weighted by atomic mass is 35.5. The van der Waals surface area contributed by atoms with Gasteiger partial charge in [-0.15, -0.1) is 0 Å². The van der Waals surface area contributed by atoms with E-state index in [2.05, 4.69) is 5.32 Å². The third-order valence-electron chi connectivity index (χ3n) is 3.25. The van der Waals surface area contributed by atoms with E-state index in [0.29, 0.717) is 29.0 Å². The minimum atomic E-state index is -3.44. The van der Waals surface area contributed by atoms with E-state index < -0.39 is 10.0 Å². The van der Waals surface area contributed by atoms with Crippen molar-refractivity contribution in [2.75, 3.05) is 13.6 Å². The molecule has 0 radical (unpaired) electrons. The molecular formula is C15H25ClN2O2S. The number of benzene rings is 1. The van der Waals surface area contributed by atoms with Gasteiger partial charge in [-0.1, -0.05) is 38.8 Å². The molecule has 0 bridgehead atoms. The van der Waals surface area contributed by atoms with Gasteiger partial charge in [0.25, 0.3) is 0 Å². The number of rotatable bonds is 8. The Hall–Kier alpha value is -0.620. The molecule has 0 heterocycles. The Balaban J connectivity index is 2.99. The summed E-state index contributed by atoms with van der Waals surface area (Å²) in [5.74, 6) is 0. The van der Waals surface area contributed by atoms with Gasteiger partial charge in [0.05, 0.1) is 4.90 Å². The third-order valence-corrected chi connectivity index (χ3v) is 5.47. The summed E-state index contributed by atoms with van der Waals surface area (Å²) in [6.45, 7) is 7.19. The Morgan fingerprint density at radius 1 is 1.33 bits per heavy atom. The van der Waals surface area contributed by atoms with Crippen molar-refractivity contribution in [1.82, 2.24) is 9.62 Å². The van der Waals surface area contributed by atoms with Gasteiger partial charge in [-0.2, -0.15) is 0 Å². The van der Waals surface area contributed by atoms with Gasteiger partial charge in [-0.3, -0.25) is 0 Å². The van der Waals surface area contributed by atoms with Crippen molar-refractivity contribution in [3.05, 3.63) is 28.8 Å². The molecule has 0 aliphatic rings. The third kappa shape index (κ3) is 5.25. The first-order valence-electron chi connectivity index (χ1n) is 7.27. The summed E-state index contributed by atoms with van der Waals surface area (Å²) in [6, 6.07) is 5.20. The van der Waals surface area contributed by atoms with Crippen LogP contribution in [0.25, 0.3) is 0 Å². The monoisotopic (exact) mass is 332 g/mol. The van der Waals surface area contributed by atoms with E-state index in [1.807, 2.05) is 20.8 Å². The lowest BCUT2D eigenvalue weighted by atomic mass is 10.2. The number of hydrogen-bond acceptors (Lipinski definition) is 3. The average Bonchev–Trinajstić information content (AvgIpc) is 2.43. The lowest BCUT2D eigenvalue weighted by Gasteiger charge is -2.18. The van der Waals surface area contributed by atoms with Crippen LogP contribution < -0.4 is 5.32 Å². The molecule has 1 aromatic rings. The molecule has 0 saturated heterocycles. The first-order valence-corrected chi connectivity index (χ1v) is 9.09. The second-order valence-electron chi connectivity index (χ2n) is 5.47. The van der Waals surface area contributed by atoms with E-state index >= 15 is 0 Å². The van der Waals surface area contributed by atoms with Crippen LogP contribution in [0.4, 0.5) is 0 Å². The van der Waals surface area contributed by atoms with Gasteiger partial charge in [-0.05, 0) is 30.2 Å². The molecular weight excluding hydrogens is 308 g/mol. The van der Waals surface area contributed by atoms with Crippen LogP contribution >= 0.6 is 11.6 Å². The predicted octanol–water partition coefficient (Wildman–Crippen LogP) is 3.26. The van der Waals surface area contributed by atoms with Gasteiger partial charge in [0.15, 0.2) is 0 Å². The van der Waals surface area contributed by atoms with Crippen molar-refractivity contribution in [2.45, 2.75) is 51.1 Å². The normalized spacial score (nSPS) is 12.3. The number of unbranched alkanes of at least 4 members (excludes halogenated alkanes) is 1. The smallest absolute Gasteiger partial charge is 0.242 e. The van der Waals surface area contributed by atoms with E-state index in [4.69, 9.17) is 11.6 Å². The lowest BCUT2D eigenvalue weighted by Crippen LogP contribution is -2.28. The predicted molar refractivity (Wildman–Crippen MR) is 88.2 cm³/mol. The molecule has 21 heavy (non-hydrogen) atoms. The molecule has 0 aliphatic heterocycles. The second kappa shape index (κ2) is 8.13. The van der Waals surface area contributed by atoms with Crippen LogP contribution in [-0.2, 0) is 16.6 Å². The molecule has 4 nitrogen and oxygen atoms in total. The van der Waals surface area contributed by atoms with E-state index in [1.54, 1.807) is 25.2 Å². The fourth-order valence-corrected chi connectivity index (χ4v) is 3.29. The molecule has 6 heteroatoms. The van der Waals surface area contributed by atoms with Gasteiger partial charge in [0, 0.05) is 31.2 Å². The van der Waals surface area contributed by atoms with E-state index in [9.17, 15) is 8.42 Å². The fraction of sp³-hybridized carbons (Fsp3) is 0.600. The van der Waals surface area contributed by atoms with E-state index in [-0.39, 0.29) is 0 Å². The van der Waals surface area contributed by atoms with Crippen LogP contribution in [-0.4, -0.2) is 32.4 Å². The molecule has 1 aromatic carbocycles. The van der Waals surface area contributed by atoms with Gasteiger partial charge < -0.3 is 5.32 Å². The standard InChI is InChI=1S/C15H25ClN2O2S/c1-5-6-9-18(4)21(19,20)14-7-8-15(16)13(10-14)11-17-12(2)3/h7-8,10,12,17H,5-6,9,11H2,1-4H3. The second-order valence-corrected chi connectivity index (χ2v) is 7.92. The van der Waals surface area contributed by atoms with Crippen molar-refractivity contribution in [2.24, 2.45) is 0 Å². The number of nitrogens with one attached hydrogen (secondary N) is 1. The maximum atomic E-state index is 12.5. The molecule has 120 valence electrons. The first-order chi connectivity index (χ1) is 9.78. The largest absolute Gasteiger partial charge is 0.310 e. The van der Waals surface area contributed by atoms with Crippen LogP contribution in [0, 0.1) is 0 Å². The van der Waals surface area contributed by atoms with Gasteiger partial charge in [0.2, 0.25) is 10.0 Å². The van der Waals surface area contributed by atoms with Crippen LogP contribution in [0.15, 0.2) is 23.1 Å². The Bertz CT molecular complexity index is 559. The highest BCUT2D eigenvalue weighted by Crippen LogP contribution is 2.22. The van der Waals surface area contributed by atoms with E-state index in [1.165, 1.54) is 4.31 Å². The summed E-state index contributed by atoms with van der Waals surface area (Å²) in [7, 11) is -1.83. The average molecular weight is 333 g/mol. The first kappa shape index (κ1) is 18.4. The molecule has 0 saturated carbocycles. The van der Waals surface area contributed by atoms with Crippen molar-refractivity contribution < 1.29 is 8.42 Å². The molecule has 0 amide bonds. The summed E-state index contributed by atoms with van der Waals surface area (Å²) in [5.41, 5.74) is 0.801. The summed E-state index contributed by atoms with van der Waals surface area (Å²) in [5, 5.41) is 3.83. The molecule has 0 atom stereocenters. The number of halogens is 1. The number of sulfonamides is 1. The minimum Gasteiger partial charge on any atom is -0.310 e. The minimum absolute atomic E-state index is 0.297. The molecule has 0 fully saturated rings. The Morgan fingerprint density at radius 3 is 2.57 bits per heavy atom. The molecule has 1 rings (SSSR count). The van der Waals surface area contributed by atoms with Crippen LogP contribution in [0.5, 0.6) is 0 Å². The topological polar surface area (TPSA) is 49.4 Å². The van der Waals surface area contributed by atoms with Crippen molar-refractivity contribution in [1.29, 1.82) is 0 Å². The summed E-state index contributed by atoms with van der Waals surface area (Å²) < 4.78 is 26.4. The lowest BCUT2D eigenvalue weighted by molar-refractivity contribution is 0.459. The highest BCUT2D eigenvalue weighted by Gasteiger charge is 2.21. The maximum absolute atomic E-state index is 12.5. The summed E-state index contributed by atoms with van der Waals surface area (Å²) in [4.78, 5) is 0.297. The number of hydrogen-bond donors (Lipinski definition) is 1. The Labute approximate surface area is 133 Å². The molecule has 0 aliphatic carbocycles. The zero-order chi connectivity index (χ0) is 16.0. The Morgan fingerprint density at radius 2 is 2.00 bits per heavy atom. The van der Waals surface area contributed by atoms with Crippen LogP contribution in [0.1, 0.15) is 39.2 Å². The molecule has 1 N–H and O–H groups in total. The molecule has 0 unspecified atom stereocenters. The number of nitrogens with zero attached hydrogens (tertiary/aromatic N) is 1.